The number of carbonyl (C=O) groups is 1. The lowest BCUT2D eigenvalue weighted by Crippen LogP contribution is -2.07. The number of nitrogens with zero attached hydrogens (tertiary/aromatic N) is 1. The van der Waals surface area contributed by atoms with Gasteiger partial charge in [-0.1, -0.05) is 12.1 Å². The van der Waals surface area contributed by atoms with Gasteiger partial charge in [0.15, 0.2) is 0 Å². The van der Waals surface area contributed by atoms with E-state index in [1.165, 1.54) is 18.2 Å². The van der Waals surface area contributed by atoms with E-state index >= 15 is 0 Å². The van der Waals surface area contributed by atoms with Gasteiger partial charge in [0.2, 0.25) is 5.91 Å². The van der Waals surface area contributed by atoms with E-state index in [2.05, 4.69) is 15.5 Å². The Kier molecular flexibility index (Phi) is 3.47. The van der Waals surface area contributed by atoms with Gasteiger partial charge in [0.25, 0.3) is 0 Å². The molecule has 1 amide bonds. The first-order valence-corrected chi connectivity index (χ1v) is 6.38. The lowest BCUT2D eigenvalue weighted by atomic mass is 10.2. The summed E-state index contributed by atoms with van der Waals surface area (Å²) >= 11 is 0. The molecule has 2 N–H and O–H groups in total. The Morgan fingerprint density at radius 3 is 3.00 bits per heavy atom. The standard InChI is InChI=1S/C16H12FN3O/c17-13-3-1-2-11(8-13)4-7-16(21)19-14-5-6-15-12(9-14)10-18-20-15/h1-10H,(H,18,20)(H,19,21)/b7-4+. The fraction of sp³-hybridized carbons (Fsp3) is 0. The summed E-state index contributed by atoms with van der Waals surface area (Å²) in [5.41, 5.74) is 2.22. The summed E-state index contributed by atoms with van der Waals surface area (Å²) in [6.07, 6.45) is 4.62. The van der Waals surface area contributed by atoms with Gasteiger partial charge < -0.3 is 5.32 Å². The van der Waals surface area contributed by atoms with Crippen molar-refractivity contribution in [2.24, 2.45) is 0 Å². The summed E-state index contributed by atoms with van der Waals surface area (Å²) in [6.45, 7) is 0. The quantitative estimate of drug-likeness (QED) is 0.723. The van der Waals surface area contributed by atoms with Crippen LogP contribution in [0, 0.1) is 5.82 Å². The summed E-state index contributed by atoms with van der Waals surface area (Å²) < 4.78 is 13.0. The van der Waals surface area contributed by atoms with E-state index < -0.39 is 0 Å². The second-order valence-electron chi connectivity index (χ2n) is 4.55. The predicted molar refractivity (Wildman–Crippen MR) is 80.2 cm³/mol. The average molecular weight is 281 g/mol. The third-order valence-corrected chi connectivity index (χ3v) is 2.98. The van der Waals surface area contributed by atoms with Gasteiger partial charge in [0.1, 0.15) is 5.82 Å². The Morgan fingerprint density at radius 2 is 2.14 bits per heavy atom. The van der Waals surface area contributed by atoms with Gasteiger partial charge in [-0.2, -0.15) is 5.10 Å². The minimum atomic E-state index is -0.331. The number of nitrogens with one attached hydrogen (secondary N) is 2. The summed E-state index contributed by atoms with van der Waals surface area (Å²) in [6, 6.07) is 11.5. The van der Waals surface area contributed by atoms with Crippen LogP contribution >= 0.6 is 0 Å². The molecule has 2 aromatic carbocycles. The Morgan fingerprint density at radius 1 is 1.24 bits per heavy atom. The van der Waals surface area contributed by atoms with Gasteiger partial charge >= 0.3 is 0 Å². The Labute approximate surface area is 120 Å². The molecule has 0 unspecified atom stereocenters. The van der Waals surface area contributed by atoms with Crippen molar-refractivity contribution < 1.29 is 9.18 Å². The first-order chi connectivity index (χ1) is 10.2. The molecule has 3 rings (SSSR count). The number of aromatic nitrogens is 2. The van der Waals surface area contributed by atoms with Gasteiger partial charge in [-0.25, -0.2) is 4.39 Å². The van der Waals surface area contributed by atoms with E-state index in [1.807, 2.05) is 12.1 Å². The van der Waals surface area contributed by atoms with E-state index in [0.717, 1.165) is 10.9 Å². The topological polar surface area (TPSA) is 57.8 Å². The highest BCUT2D eigenvalue weighted by molar-refractivity contribution is 6.02. The molecule has 0 saturated heterocycles. The number of carbonyl (C=O) groups excluding carboxylic acids is 1. The number of benzene rings is 2. The molecule has 0 radical (unpaired) electrons. The molecule has 21 heavy (non-hydrogen) atoms. The Bertz CT molecular complexity index is 823. The van der Waals surface area contributed by atoms with Crippen molar-refractivity contribution in [3.8, 4) is 0 Å². The molecule has 1 heterocycles. The zero-order valence-corrected chi connectivity index (χ0v) is 11.0. The summed E-state index contributed by atoms with van der Waals surface area (Å²) in [4.78, 5) is 11.8. The molecular formula is C16H12FN3O. The van der Waals surface area contributed by atoms with E-state index in [1.54, 1.807) is 30.5 Å². The van der Waals surface area contributed by atoms with Crippen LogP contribution in [-0.2, 0) is 4.79 Å². The second-order valence-corrected chi connectivity index (χ2v) is 4.55. The minimum Gasteiger partial charge on any atom is -0.322 e. The molecule has 0 saturated carbocycles. The molecule has 3 aromatic rings. The largest absolute Gasteiger partial charge is 0.322 e. The van der Waals surface area contributed by atoms with Crippen LogP contribution in [0.15, 0.2) is 54.7 Å². The monoisotopic (exact) mass is 281 g/mol. The fourth-order valence-electron chi connectivity index (χ4n) is 1.99. The highest BCUT2D eigenvalue weighted by Crippen LogP contribution is 2.16. The highest BCUT2D eigenvalue weighted by atomic mass is 19.1. The van der Waals surface area contributed by atoms with Gasteiger partial charge in [0, 0.05) is 17.1 Å². The Balaban J connectivity index is 1.71. The van der Waals surface area contributed by atoms with Crippen LogP contribution < -0.4 is 5.32 Å². The van der Waals surface area contributed by atoms with E-state index in [9.17, 15) is 9.18 Å². The molecule has 0 fully saturated rings. The number of rotatable bonds is 3. The molecular weight excluding hydrogens is 269 g/mol. The molecule has 0 aliphatic heterocycles. The van der Waals surface area contributed by atoms with Gasteiger partial charge in [-0.3, -0.25) is 9.89 Å². The maximum Gasteiger partial charge on any atom is 0.248 e. The van der Waals surface area contributed by atoms with E-state index in [-0.39, 0.29) is 11.7 Å². The molecule has 0 aliphatic carbocycles. The number of hydrogen-bond donors (Lipinski definition) is 2. The number of halogens is 1. The van der Waals surface area contributed by atoms with Crippen molar-refractivity contribution in [1.82, 2.24) is 10.2 Å². The van der Waals surface area contributed by atoms with Crippen molar-refractivity contribution in [3.05, 3.63) is 66.1 Å². The SMILES string of the molecule is O=C(/C=C/c1cccc(F)c1)Nc1ccc2[nH]ncc2c1. The molecule has 1 aromatic heterocycles. The normalized spacial score (nSPS) is 11.1. The van der Waals surface area contributed by atoms with Crippen LogP contribution in [0.3, 0.4) is 0 Å². The van der Waals surface area contributed by atoms with Crippen LogP contribution in [0.5, 0.6) is 0 Å². The molecule has 104 valence electrons. The highest BCUT2D eigenvalue weighted by Gasteiger charge is 2.01. The van der Waals surface area contributed by atoms with E-state index in [0.29, 0.717) is 11.3 Å². The maximum absolute atomic E-state index is 13.0. The molecule has 0 aliphatic rings. The maximum atomic E-state index is 13.0. The predicted octanol–water partition coefficient (Wildman–Crippen LogP) is 3.35. The number of fused-ring (bicyclic) bond motifs is 1. The average Bonchev–Trinajstić information content (AvgIpc) is 2.93. The van der Waals surface area contributed by atoms with Crippen LogP contribution in [0.25, 0.3) is 17.0 Å². The molecule has 4 nitrogen and oxygen atoms in total. The van der Waals surface area contributed by atoms with Crippen molar-refractivity contribution in [1.29, 1.82) is 0 Å². The van der Waals surface area contributed by atoms with Gasteiger partial charge in [-0.15, -0.1) is 0 Å². The van der Waals surface area contributed by atoms with Crippen molar-refractivity contribution in [2.75, 3.05) is 5.32 Å². The Hall–Kier alpha value is -2.95. The van der Waals surface area contributed by atoms with Crippen molar-refractivity contribution >= 4 is 28.6 Å². The molecule has 0 spiro atoms. The second kappa shape index (κ2) is 5.58. The molecule has 0 atom stereocenters. The van der Waals surface area contributed by atoms with Crippen LogP contribution in [0.1, 0.15) is 5.56 Å². The third-order valence-electron chi connectivity index (χ3n) is 2.98. The number of amides is 1. The zero-order valence-electron chi connectivity index (χ0n) is 11.0. The van der Waals surface area contributed by atoms with Crippen LogP contribution in [0.2, 0.25) is 0 Å². The number of aromatic amines is 1. The number of hydrogen-bond acceptors (Lipinski definition) is 2. The number of H-pyrrole nitrogens is 1. The number of anilines is 1. The van der Waals surface area contributed by atoms with Crippen LogP contribution in [0.4, 0.5) is 10.1 Å². The first kappa shape index (κ1) is 13.1. The van der Waals surface area contributed by atoms with Crippen LogP contribution in [-0.4, -0.2) is 16.1 Å². The molecule has 5 heteroatoms. The third kappa shape index (κ3) is 3.14. The zero-order chi connectivity index (χ0) is 14.7. The smallest absolute Gasteiger partial charge is 0.248 e. The summed E-state index contributed by atoms with van der Waals surface area (Å²) in [5, 5.41) is 10.4. The van der Waals surface area contributed by atoms with Crippen molar-refractivity contribution in [2.45, 2.75) is 0 Å². The van der Waals surface area contributed by atoms with Gasteiger partial charge in [0.05, 0.1) is 11.7 Å². The van der Waals surface area contributed by atoms with Crippen molar-refractivity contribution in [3.63, 3.8) is 0 Å². The summed E-state index contributed by atoms with van der Waals surface area (Å²) in [5.74, 6) is -0.606. The first-order valence-electron chi connectivity index (χ1n) is 6.38. The minimum absolute atomic E-state index is 0.276. The van der Waals surface area contributed by atoms with E-state index in [4.69, 9.17) is 0 Å². The fourth-order valence-corrected chi connectivity index (χ4v) is 1.99. The lowest BCUT2D eigenvalue weighted by molar-refractivity contribution is -0.111. The summed E-state index contributed by atoms with van der Waals surface area (Å²) in [7, 11) is 0. The lowest BCUT2D eigenvalue weighted by Gasteiger charge is -2.01. The van der Waals surface area contributed by atoms with Gasteiger partial charge in [-0.05, 0) is 42.0 Å². The molecule has 0 bridgehead atoms.